The average Bonchev–Trinajstić information content (AvgIpc) is 2.73. The molecular formula is C22H22N2O3S. The largest absolute Gasteiger partial charge is 0.493 e. The van der Waals surface area contributed by atoms with Crippen molar-refractivity contribution in [1.82, 2.24) is 4.31 Å². The van der Waals surface area contributed by atoms with E-state index in [4.69, 9.17) is 10.00 Å². The first-order chi connectivity index (χ1) is 13.5. The minimum Gasteiger partial charge on any atom is -0.493 e. The monoisotopic (exact) mass is 394 g/mol. The fourth-order valence-electron chi connectivity index (χ4n) is 3.04. The van der Waals surface area contributed by atoms with Crippen LogP contribution in [0.1, 0.15) is 24.5 Å². The lowest BCUT2D eigenvalue weighted by molar-refractivity contribution is 0.311. The van der Waals surface area contributed by atoms with Crippen molar-refractivity contribution in [3.63, 3.8) is 0 Å². The van der Waals surface area contributed by atoms with E-state index in [0.29, 0.717) is 17.9 Å². The Morgan fingerprint density at radius 1 is 1.07 bits per heavy atom. The molecule has 0 heterocycles. The Labute approximate surface area is 165 Å². The summed E-state index contributed by atoms with van der Waals surface area (Å²) in [5.74, 6) is 0.688. The molecule has 0 saturated carbocycles. The van der Waals surface area contributed by atoms with Crippen molar-refractivity contribution in [2.24, 2.45) is 0 Å². The molecule has 144 valence electrons. The van der Waals surface area contributed by atoms with Crippen LogP contribution >= 0.6 is 0 Å². The molecule has 3 rings (SSSR count). The number of rotatable bonds is 7. The highest BCUT2D eigenvalue weighted by Gasteiger charge is 2.23. The van der Waals surface area contributed by atoms with E-state index in [1.54, 1.807) is 19.2 Å². The summed E-state index contributed by atoms with van der Waals surface area (Å²) >= 11 is 0. The van der Waals surface area contributed by atoms with Crippen LogP contribution < -0.4 is 4.74 Å². The van der Waals surface area contributed by atoms with Crippen LogP contribution in [0.3, 0.4) is 0 Å². The van der Waals surface area contributed by atoms with Crippen molar-refractivity contribution < 1.29 is 13.2 Å². The molecule has 6 heteroatoms. The molecular weight excluding hydrogens is 372 g/mol. The van der Waals surface area contributed by atoms with Crippen LogP contribution in [0.2, 0.25) is 0 Å². The first-order valence-electron chi connectivity index (χ1n) is 9.07. The van der Waals surface area contributed by atoms with Crippen molar-refractivity contribution in [3.05, 3.63) is 71.8 Å². The molecule has 3 aromatic rings. The maximum atomic E-state index is 13.0. The van der Waals surface area contributed by atoms with Gasteiger partial charge in [-0.15, -0.1) is 0 Å². The van der Waals surface area contributed by atoms with Crippen molar-refractivity contribution >= 4 is 20.8 Å². The van der Waals surface area contributed by atoms with Gasteiger partial charge in [0.2, 0.25) is 10.0 Å². The number of hydrogen-bond donors (Lipinski definition) is 0. The number of hydrogen-bond acceptors (Lipinski definition) is 4. The zero-order valence-corrected chi connectivity index (χ0v) is 16.7. The third-order valence-corrected chi connectivity index (χ3v) is 6.31. The quantitative estimate of drug-likeness (QED) is 0.598. The van der Waals surface area contributed by atoms with Crippen LogP contribution in [0, 0.1) is 11.3 Å². The van der Waals surface area contributed by atoms with Gasteiger partial charge in [-0.05, 0) is 41.5 Å². The van der Waals surface area contributed by atoms with Gasteiger partial charge in [-0.25, -0.2) is 8.42 Å². The van der Waals surface area contributed by atoms with Gasteiger partial charge in [0.05, 0.1) is 23.1 Å². The predicted octanol–water partition coefficient (Wildman–Crippen LogP) is 4.32. The van der Waals surface area contributed by atoms with Gasteiger partial charge < -0.3 is 4.74 Å². The molecule has 0 aromatic heterocycles. The average molecular weight is 394 g/mol. The second kappa shape index (κ2) is 8.42. The van der Waals surface area contributed by atoms with Gasteiger partial charge in [-0.2, -0.15) is 9.57 Å². The topological polar surface area (TPSA) is 70.4 Å². The van der Waals surface area contributed by atoms with Crippen molar-refractivity contribution in [2.75, 3.05) is 13.7 Å². The van der Waals surface area contributed by atoms with Gasteiger partial charge in [0, 0.05) is 19.2 Å². The summed E-state index contributed by atoms with van der Waals surface area (Å²) in [7, 11) is -2.21. The van der Waals surface area contributed by atoms with Crippen molar-refractivity contribution in [2.45, 2.75) is 24.8 Å². The highest BCUT2D eigenvalue weighted by molar-refractivity contribution is 7.89. The van der Waals surface area contributed by atoms with Gasteiger partial charge in [-0.3, -0.25) is 0 Å². The molecule has 3 aromatic carbocycles. The number of ether oxygens (including phenoxy) is 1. The molecule has 0 atom stereocenters. The first-order valence-corrected chi connectivity index (χ1v) is 10.5. The van der Waals surface area contributed by atoms with E-state index in [9.17, 15) is 8.42 Å². The second-order valence-electron chi connectivity index (χ2n) is 6.51. The normalized spacial score (nSPS) is 11.5. The molecule has 0 radical (unpaired) electrons. The van der Waals surface area contributed by atoms with Crippen LogP contribution in [-0.2, 0) is 16.6 Å². The minimum atomic E-state index is -3.75. The zero-order valence-electron chi connectivity index (χ0n) is 15.9. The molecule has 28 heavy (non-hydrogen) atoms. The van der Waals surface area contributed by atoms with Crippen LogP contribution in [0.5, 0.6) is 5.75 Å². The zero-order chi connectivity index (χ0) is 20.1. The Balaban J connectivity index is 2.02. The van der Waals surface area contributed by atoms with Gasteiger partial charge in [0.25, 0.3) is 0 Å². The lowest BCUT2D eigenvalue weighted by Crippen LogP contribution is -2.27. The fourth-order valence-corrected chi connectivity index (χ4v) is 4.23. The lowest BCUT2D eigenvalue weighted by Gasteiger charge is -2.21. The summed E-state index contributed by atoms with van der Waals surface area (Å²) in [6, 6.07) is 19.8. The standard InChI is InChI=1S/C22H22N2O3S/c1-3-13-27-22-12-11-18-8-4-5-10-20(18)21(22)16-24(2)28(25,26)19-9-6-7-17(14-19)15-23/h4-12,14H,3,13,16H2,1-2H3. The molecule has 0 fully saturated rings. The van der Waals surface area contributed by atoms with Gasteiger partial charge in [0.15, 0.2) is 0 Å². The van der Waals surface area contributed by atoms with E-state index >= 15 is 0 Å². The van der Waals surface area contributed by atoms with Gasteiger partial charge in [-0.1, -0.05) is 43.3 Å². The first kappa shape index (κ1) is 19.9. The number of nitrogens with zero attached hydrogens (tertiary/aromatic N) is 2. The number of fused-ring (bicyclic) bond motifs is 1. The van der Waals surface area contributed by atoms with Gasteiger partial charge in [0.1, 0.15) is 5.75 Å². The predicted molar refractivity (Wildman–Crippen MR) is 110 cm³/mol. The maximum absolute atomic E-state index is 13.0. The molecule has 0 aliphatic rings. The van der Waals surface area contributed by atoms with Crippen LogP contribution in [0.4, 0.5) is 0 Å². The fraction of sp³-hybridized carbons (Fsp3) is 0.227. The van der Waals surface area contributed by atoms with Crippen molar-refractivity contribution in [1.29, 1.82) is 5.26 Å². The highest BCUT2D eigenvalue weighted by atomic mass is 32.2. The molecule has 0 bridgehead atoms. The Morgan fingerprint density at radius 2 is 1.86 bits per heavy atom. The van der Waals surface area contributed by atoms with E-state index < -0.39 is 10.0 Å². The summed E-state index contributed by atoms with van der Waals surface area (Å²) in [4.78, 5) is 0.102. The third kappa shape index (κ3) is 4.01. The second-order valence-corrected chi connectivity index (χ2v) is 8.56. The molecule has 0 spiro atoms. The van der Waals surface area contributed by atoms with Crippen LogP contribution in [0.25, 0.3) is 10.8 Å². The Hall–Kier alpha value is -2.88. The Kier molecular flexibility index (Phi) is 5.98. The van der Waals surface area contributed by atoms with Crippen LogP contribution in [-0.4, -0.2) is 26.4 Å². The molecule has 0 unspecified atom stereocenters. The summed E-state index contributed by atoms with van der Waals surface area (Å²) in [5.41, 5.74) is 1.14. The molecule has 0 aliphatic carbocycles. The summed E-state index contributed by atoms with van der Waals surface area (Å²) < 4.78 is 33.3. The van der Waals surface area contributed by atoms with E-state index in [-0.39, 0.29) is 11.4 Å². The Morgan fingerprint density at radius 3 is 2.61 bits per heavy atom. The van der Waals surface area contributed by atoms with Crippen molar-refractivity contribution in [3.8, 4) is 11.8 Å². The highest BCUT2D eigenvalue weighted by Crippen LogP contribution is 2.31. The SMILES string of the molecule is CCCOc1ccc2ccccc2c1CN(C)S(=O)(=O)c1cccc(C#N)c1. The summed E-state index contributed by atoms with van der Waals surface area (Å²) in [6.45, 7) is 2.75. The molecule has 0 N–H and O–H groups in total. The smallest absolute Gasteiger partial charge is 0.243 e. The van der Waals surface area contributed by atoms with Gasteiger partial charge >= 0.3 is 0 Å². The van der Waals surface area contributed by atoms with E-state index in [1.807, 2.05) is 49.4 Å². The van der Waals surface area contributed by atoms with Crippen LogP contribution in [0.15, 0.2) is 65.6 Å². The lowest BCUT2D eigenvalue weighted by atomic mass is 10.0. The number of benzene rings is 3. The molecule has 5 nitrogen and oxygen atoms in total. The molecule has 0 amide bonds. The van der Waals surface area contributed by atoms with E-state index in [2.05, 4.69) is 0 Å². The molecule has 0 saturated heterocycles. The van der Waals surface area contributed by atoms with E-state index in [0.717, 1.165) is 22.8 Å². The summed E-state index contributed by atoms with van der Waals surface area (Å²) in [6.07, 6.45) is 0.862. The third-order valence-electron chi connectivity index (χ3n) is 4.51. The van der Waals surface area contributed by atoms with E-state index in [1.165, 1.54) is 16.4 Å². The number of sulfonamides is 1. The minimum absolute atomic E-state index is 0.102. The maximum Gasteiger partial charge on any atom is 0.243 e. The molecule has 0 aliphatic heterocycles. The Bertz CT molecular complexity index is 1130. The summed E-state index contributed by atoms with van der Waals surface area (Å²) in [5, 5.41) is 11.1. The number of nitriles is 1.